The molecule has 0 aliphatic heterocycles. The normalized spacial score (nSPS) is 21.0. The molecule has 1 aromatic carbocycles. The summed E-state index contributed by atoms with van der Waals surface area (Å²) in [5.74, 6) is 0.298. The number of aromatic nitrogens is 1. The molecule has 3 rings (SSSR count). The first-order chi connectivity index (χ1) is 9.95. The van der Waals surface area contributed by atoms with E-state index in [9.17, 15) is 12.8 Å². The second-order valence-electron chi connectivity index (χ2n) is 5.27. The van der Waals surface area contributed by atoms with Gasteiger partial charge >= 0.3 is 0 Å². The van der Waals surface area contributed by atoms with Gasteiger partial charge < -0.3 is 5.32 Å². The molecule has 6 heteroatoms. The van der Waals surface area contributed by atoms with Crippen LogP contribution in [0.2, 0.25) is 0 Å². The topological polar surface area (TPSA) is 59.1 Å². The standard InChI is InChI=1S/C15H15FN2O2S/c1-21(19,20)14-6-3-7-17-15(14)18-13-9-12(13)10-4-2-5-11(16)8-10/h2-8,12-13H,9H2,1H3,(H,17,18)/t12-,13+/m0/s1. The average Bonchev–Trinajstić information content (AvgIpc) is 3.17. The second-order valence-corrected chi connectivity index (χ2v) is 7.25. The van der Waals surface area contributed by atoms with E-state index in [0.29, 0.717) is 5.82 Å². The van der Waals surface area contributed by atoms with E-state index in [-0.39, 0.29) is 22.7 Å². The summed E-state index contributed by atoms with van der Waals surface area (Å²) in [4.78, 5) is 4.30. The van der Waals surface area contributed by atoms with E-state index in [0.717, 1.165) is 18.2 Å². The van der Waals surface area contributed by atoms with E-state index >= 15 is 0 Å². The lowest BCUT2D eigenvalue weighted by molar-refractivity contribution is 0.601. The van der Waals surface area contributed by atoms with E-state index in [1.165, 1.54) is 18.2 Å². The number of nitrogens with zero attached hydrogens (tertiary/aromatic N) is 1. The summed E-state index contributed by atoms with van der Waals surface area (Å²) in [6.45, 7) is 0. The summed E-state index contributed by atoms with van der Waals surface area (Å²) in [7, 11) is -3.33. The predicted molar refractivity (Wildman–Crippen MR) is 78.5 cm³/mol. The summed E-state index contributed by atoms with van der Waals surface area (Å²) >= 11 is 0. The van der Waals surface area contributed by atoms with Crippen molar-refractivity contribution in [2.75, 3.05) is 11.6 Å². The van der Waals surface area contributed by atoms with Crippen molar-refractivity contribution in [1.29, 1.82) is 0 Å². The van der Waals surface area contributed by atoms with Gasteiger partial charge in [-0.1, -0.05) is 12.1 Å². The molecule has 2 atom stereocenters. The minimum atomic E-state index is -3.33. The molecule has 1 N–H and O–H groups in total. The number of hydrogen-bond donors (Lipinski definition) is 1. The Morgan fingerprint density at radius 3 is 2.81 bits per heavy atom. The highest BCUT2D eigenvalue weighted by Gasteiger charge is 2.39. The molecular weight excluding hydrogens is 291 g/mol. The molecule has 0 bridgehead atoms. The average molecular weight is 306 g/mol. The van der Waals surface area contributed by atoms with Crippen molar-refractivity contribution in [2.45, 2.75) is 23.3 Å². The largest absolute Gasteiger partial charge is 0.366 e. The molecule has 1 aliphatic carbocycles. The highest BCUT2D eigenvalue weighted by atomic mass is 32.2. The molecule has 2 aromatic rings. The number of benzene rings is 1. The Bertz CT molecular complexity index is 777. The third-order valence-corrected chi connectivity index (χ3v) is 4.69. The third kappa shape index (κ3) is 3.05. The van der Waals surface area contributed by atoms with Gasteiger partial charge in [-0.3, -0.25) is 0 Å². The molecule has 21 heavy (non-hydrogen) atoms. The van der Waals surface area contributed by atoms with Gasteiger partial charge in [-0.2, -0.15) is 0 Å². The first-order valence-corrected chi connectivity index (χ1v) is 8.51. The summed E-state index contributed by atoms with van der Waals surface area (Å²) in [5, 5.41) is 3.15. The zero-order valence-corrected chi connectivity index (χ0v) is 12.3. The molecule has 0 saturated heterocycles. The Hall–Kier alpha value is -1.95. The molecule has 0 radical (unpaired) electrons. The molecule has 0 amide bonds. The lowest BCUT2D eigenvalue weighted by Gasteiger charge is -2.09. The van der Waals surface area contributed by atoms with Crippen molar-refractivity contribution in [3.8, 4) is 0 Å². The number of nitrogens with one attached hydrogen (secondary N) is 1. The quantitative estimate of drug-likeness (QED) is 0.943. The maximum atomic E-state index is 13.2. The van der Waals surface area contributed by atoms with E-state index in [4.69, 9.17) is 0 Å². The molecular formula is C15H15FN2O2S. The second kappa shape index (κ2) is 5.11. The fraction of sp³-hybridized carbons (Fsp3) is 0.267. The van der Waals surface area contributed by atoms with E-state index in [2.05, 4.69) is 10.3 Å². The number of sulfone groups is 1. The predicted octanol–water partition coefficient (Wildman–Crippen LogP) is 2.59. The van der Waals surface area contributed by atoms with Crippen LogP contribution in [0.15, 0.2) is 47.5 Å². The van der Waals surface area contributed by atoms with E-state index in [1.807, 2.05) is 6.07 Å². The van der Waals surface area contributed by atoms with Gasteiger partial charge in [0.25, 0.3) is 0 Å². The van der Waals surface area contributed by atoms with Gasteiger partial charge in [-0.15, -0.1) is 0 Å². The summed E-state index contributed by atoms with van der Waals surface area (Å²) in [6, 6.07) is 9.70. The van der Waals surface area contributed by atoms with Gasteiger partial charge in [-0.25, -0.2) is 17.8 Å². The van der Waals surface area contributed by atoms with Crippen molar-refractivity contribution in [3.05, 3.63) is 54.0 Å². The molecule has 1 aromatic heterocycles. The number of rotatable bonds is 4. The monoisotopic (exact) mass is 306 g/mol. The van der Waals surface area contributed by atoms with Gasteiger partial charge in [0.2, 0.25) is 0 Å². The third-order valence-electron chi connectivity index (χ3n) is 3.56. The highest BCUT2D eigenvalue weighted by molar-refractivity contribution is 7.90. The van der Waals surface area contributed by atoms with Crippen LogP contribution in [-0.2, 0) is 9.84 Å². The van der Waals surface area contributed by atoms with Crippen LogP contribution in [0.4, 0.5) is 10.2 Å². The van der Waals surface area contributed by atoms with Crippen molar-refractivity contribution < 1.29 is 12.8 Å². The molecule has 1 saturated carbocycles. The Morgan fingerprint density at radius 2 is 2.10 bits per heavy atom. The summed E-state index contributed by atoms with van der Waals surface area (Å²) < 4.78 is 36.7. The SMILES string of the molecule is CS(=O)(=O)c1cccnc1N[C@@H]1C[C@H]1c1cccc(F)c1. The van der Waals surface area contributed by atoms with Crippen LogP contribution in [0, 0.1) is 5.82 Å². The lowest BCUT2D eigenvalue weighted by atomic mass is 10.1. The van der Waals surface area contributed by atoms with Crippen molar-refractivity contribution in [3.63, 3.8) is 0 Å². The number of hydrogen-bond acceptors (Lipinski definition) is 4. The summed E-state index contributed by atoms with van der Waals surface area (Å²) in [6.07, 6.45) is 3.55. The van der Waals surface area contributed by atoms with E-state index < -0.39 is 9.84 Å². The van der Waals surface area contributed by atoms with Gasteiger partial charge in [0, 0.05) is 24.4 Å². The Labute approximate surface area is 123 Å². The molecule has 1 fully saturated rings. The summed E-state index contributed by atoms with van der Waals surface area (Å²) in [5.41, 5.74) is 0.921. The fourth-order valence-electron chi connectivity index (χ4n) is 2.43. The van der Waals surface area contributed by atoms with Crippen molar-refractivity contribution in [2.24, 2.45) is 0 Å². The number of halogens is 1. The van der Waals surface area contributed by atoms with Crippen LogP contribution in [0.3, 0.4) is 0 Å². The van der Waals surface area contributed by atoms with Gasteiger partial charge in [0.1, 0.15) is 16.5 Å². The molecule has 4 nitrogen and oxygen atoms in total. The van der Waals surface area contributed by atoms with Crippen LogP contribution in [-0.4, -0.2) is 25.7 Å². The van der Waals surface area contributed by atoms with Crippen LogP contribution >= 0.6 is 0 Å². The Kier molecular flexibility index (Phi) is 3.41. The minimum absolute atomic E-state index is 0.0854. The molecule has 1 heterocycles. The molecule has 0 spiro atoms. The fourth-order valence-corrected chi connectivity index (χ4v) is 3.22. The van der Waals surface area contributed by atoms with E-state index in [1.54, 1.807) is 18.3 Å². The Morgan fingerprint density at radius 1 is 1.29 bits per heavy atom. The highest BCUT2D eigenvalue weighted by Crippen LogP contribution is 2.43. The van der Waals surface area contributed by atoms with Gasteiger partial charge in [0.15, 0.2) is 9.84 Å². The van der Waals surface area contributed by atoms with Gasteiger partial charge in [-0.05, 0) is 36.2 Å². The zero-order chi connectivity index (χ0) is 15.0. The van der Waals surface area contributed by atoms with Crippen LogP contribution < -0.4 is 5.32 Å². The Balaban J connectivity index is 1.79. The zero-order valence-electron chi connectivity index (χ0n) is 11.5. The first kappa shape index (κ1) is 14.0. The lowest BCUT2D eigenvalue weighted by Crippen LogP contribution is -2.10. The smallest absolute Gasteiger partial charge is 0.179 e. The molecule has 0 unspecified atom stereocenters. The van der Waals surface area contributed by atoms with Crippen molar-refractivity contribution in [1.82, 2.24) is 4.98 Å². The van der Waals surface area contributed by atoms with Crippen LogP contribution in [0.5, 0.6) is 0 Å². The van der Waals surface area contributed by atoms with Crippen molar-refractivity contribution >= 4 is 15.7 Å². The number of pyridine rings is 1. The first-order valence-electron chi connectivity index (χ1n) is 6.62. The minimum Gasteiger partial charge on any atom is -0.366 e. The molecule has 1 aliphatic rings. The number of anilines is 1. The maximum Gasteiger partial charge on any atom is 0.179 e. The van der Waals surface area contributed by atoms with Gasteiger partial charge in [0.05, 0.1) is 0 Å². The van der Waals surface area contributed by atoms with Crippen LogP contribution in [0.1, 0.15) is 17.9 Å². The molecule has 110 valence electrons. The maximum absolute atomic E-state index is 13.2. The van der Waals surface area contributed by atoms with Crippen LogP contribution in [0.25, 0.3) is 0 Å².